The van der Waals surface area contributed by atoms with Crippen molar-refractivity contribution in [2.75, 3.05) is 44.7 Å². The van der Waals surface area contributed by atoms with Gasteiger partial charge in [-0.25, -0.2) is 0 Å². The molecule has 1 aliphatic rings. The Morgan fingerprint density at radius 3 is 2.50 bits per heavy atom. The maximum atomic E-state index is 2.54. The Labute approximate surface area is 129 Å². The Morgan fingerprint density at radius 1 is 1.11 bits per heavy atom. The van der Waals surface area contributed by atoms with Crippen LogP contribution in [0.3, 0.4) is 0 Å². The van der Waals surface area contributed by atoms with E-state index >= 15 is 0 Å². The van der Waals surface area contributed by atoms with Crippen molar-refractivity contribution in [3.63, 3.8) is 0 Å². The summed E-state index contributed by atoms with van der Waals surface area (Å²) in [6.07, 6.45) is 2.60. The molecule has 0 radical (unpaired) electrons. The lowest BCUT2D eigenvalue weighted by atomic mass is 10.3. The van der Waals surface area contributed by atoms with E-state index in [9.17, 15) is 0 Å². The van der Waals surface area contributed by atoms with E-state index in [1.807, 2.05) is 0 Å². The zero-order valence-corrected chi connectivity index (χ0v) is 13.8. The average molecular weight is 360 g/mol. The molecule has 1 unspecified atom stereocenters. The first-order chi connectivity index (χ1) is 8.23. The van der Waals surface area contributed by atoms with E-state index in [0.717, 1.165) is 0 Å². The first-order valence-electron chi connectivity index (χ1n) is 6.87. The molecule has 0 aromatic heterocycles. The number of hydrogen-bond donors (Lipinski definition) is 0. The van der Waals surface area contributed by atoms with Gasteiger partial charge in [0.1, 0.15) is 0 Å². The molecule has 0 N–H and O–H groups in total. The smallest absolute Gasteiger partial charge is 0.0962 e. The Balaban J connectivity index is 0.00000162. The number of benzene rings is 1. The summed E-state index contributed by atoms with van der Waals surface area (Å²) in [5.41, 5.74) is 1.39. The fraction of sp³-hybridized carbons (Fsp3) is 0.600. The predicted octanol–water partition coefficient (Wildman–Crippen LogP) is -0.243. The van der Waals surface area contributed by atoms with Gasteiger partial charge in [-0.1, -0.05) is 25.1 Å². The Morgan fingerprint density at radius 2 is 1.83 bits per heavy atom. The zero-order valence-electron chi connectivity index (χ0n) is 11.6. The lowest BCUT2D eigenvalue weighted by Gasteiger charge is -2.33. The highest BCUT2D eigenvalue weighted by Gasteiger charge is 2.25. The molecule has 1 heterocycles. The van der Waals surface area contributed by atoms with Gasteiger partial charge in [-0.2, -0.15) is 0 Å². The molecule has 18 heavy (non-hydrogen) atoms. The van der Waals surface area contributed by atoms with Crippen LogP contribution in [0.15, 0.2) is 30.3 Å². The molecule has 0 aliphatic carbocycles. The Bertz CT molecular complexity index is 342. The summed E-state index contributed by atoms with van der Waals surface area (Å²) in [6, 6.07) is 10.8. The van der Waals surface area contributed by atoms with Crippen molar-refractivity contribution < 1.29 is 28.5 Å². The highest BCUT2D eigenvalue weighted by Crippen LogP contribution is 2.18. The van der Waals surface area contributed by atoms with Gasteiger partial charge in [-0.15, -0.1) is 0 Å². The molecule has 1 aromatic carbocycles. The van der Waals surface area contributed by atoms with Crippen molar-refractivity contribution in [3.8, 4) is 0 Å². The second-order valence-electron chi connectivity index (χ2n) is 5.47. The summed E-state index contributed by atoms with van der Waals surface area (Å²) >= 11 is 0. The van der Waals surface area contributed by atoms with E-state index in [1.54, 1.807) is 0 Å². The monoisotopic (exact) mass is 360 g/mol. The van der Waals surface area contributed by atoms with Crippen LogP contribution in [0.1, 0.15) is 19.8 Å². The van der Waals surface area contributed by atoms with Crippen molar-refractivity contribution in [2.24, 2.45) is 0 Å². The molecule has 1 fully saturated rings. The van der Waals surface area contributed by atoms with Crippen LogP contribution in [-0.2, 0) is 0 Å². The lowest BCUT2D eigenvalue weighted by Crippen LogP contribution is -3.00. The number of likely N-dealkylation sites (N-methyl/N-ethyl adjacent to an activating group) is 1. The van der Waals surface area contributed by atoms with E-state index < -0.39 is 0 Å². The molecule has 1 aromatic rings. The fourth-order valence-electron chi connectivity index (χ4n) is 2.89. The molecule has 0 bridgehead atoms. The molecule has 102 valence electrons. The van der Waals surface area contributed by atoms with Crippen molar-refractivity contribution in [1.29, 1.82) is 0 Å². The standard InChI is InChI=1S/C15H25N2.HI/c1-3-12-17(2)13-7-10-16(11-14-17)15-8-5-4-6-9-15;/h4-6,8-9H,3,7,10-14H2,1-2H3;1H/q+1;/p-1. The first-order valence-corrected chi connectivity index (χ1v) is 6.87. The number of rotatable bonds is 3. The Hall–Kier alpha value is -0.290. The van der Waals surface area contributed by atoms with Gasteiger partial charge >= 0.3 is 0 Å². The number of nitrogens with zero attached hydrogens (tertiary/aromatic N) is 2. The van der Waals surface area contributed by atoms with E-state index in [1.165, 1.54) is 55.7 Å². The summed E-state index contributed by atoms with van der Waals surface area (Å²) in [5.74, 6) is 0. The van der Waals surface area contributed by atoms with Crippen LogP contribution in [0.2, 0.25) is 0 Å². The molecular formula is C15H25IN2. The summed E-state index contributed by atoms with van der Waals surface area (Å²) < 4.78 is 1.25. The van der Waals surface area contributed by atoms with Crippen LogP contribution in [0.25, 0.3) is 0 Å². The number of hydrogen-bond acceptors (Lipinski definition) is 1. The van der Waals surface area contributed by atoms with Gasteiger partial charge in [0.2, 0.25) is 0 Å². The van der Waals surface area contributed by atoms with E-state index in [-0.39, 0.29) is 24.0 Å². The SMILES string of the molecule is CCC[N+]1(C)CCCN(c2ccccc2)CC1.[I-]. The third-order valence-electron chi connectivity index (χ3n) is 3.92. The largest absolute Gasteiger partial charge is 1.00 e. The van der Waals surface area contributed by atoms with Crippen molar-refractivity contribution in [3.05, 3.63) is 30.3 Å². The topological polar surface area (TPSA) is 3.24 Å². The third kappa shape index (κ3) is 4.12. The minimum atomic E-state index is 0. The molecule has 2 rings (SSSR count). The molecule has 3 heteroatoms. The lowest BCUT2D eigenvalue weighted by molar-refractivity contribution is -0.907. The third-order valence-corrected chi connectivity index (χ3v) is 3.92. The quantitative estimate of drug-likeness (QED) is 0.531. The van der Waals surface area contributed by atoms with E-state index in [2.05, 4.69) is 49.2 Å². The zero-order chi connectivity index (χ0) is 12.1. The summed E-state index contributed by atoms with van der Waals surface area (Å²) in [4.78, 5) is 2.54. The molecule has 0 spiro atoms. The van der Waals surface area contributed by atoms with Crippen LogP contribution in [-0.4, -0.2) is 44.3 Å². The van der Waals surface area contributed by atoms with Crippen LogP contribution in [0, 0.1) is 0 Å². The minimum absolute atomic E-state index is 0. The number of para-hydroxylation sites is 1. The van der Waals surface area contributed by atoms with Gasteiger partial charge in [-0.3, -0.25) is 0 Å². The second kappa shape index (κ2) is 7.34. The minimum Gasteiger partial charge on any atom is -1.00 e. The van der Waals surface area contributed by atoms with Gasteiger partial charge in [0.15, 0.2) is 0 Å². The van der Waals surface area contributed by atoms with Gasteiger partial charge in [-0.05, 0) is 18.6 Å². The summed E-state index contributed by atoms with van der Waals surface area (Å²) in [5, 5.41) is 0. The van der Waals surface area contributed by atoms with Crippen molar-refractivity contribution in [2.45, 2.75) is 19.8 Å². The highest BCUT2D eigenvalue weighted by atomic mass is 127. The highest BCUT2D eigenvalue weighted by molar-refractivity contribution is 5.45. The van der Waals surface area contributed by atoms with E-state index in [4.69, 9.17) is 0 Å². The van der Waals surface area contributed by atoms with Crippen LogP contribution >= 0.6 is 0 Å². The predicted molar refractivity (Wildman–Crippen MR) is 74.3 cm³/mol. The average Bonchev–Trinajstić information content (AvgIpc) is 2.53. The van der Waals surface area contributed by atoms with Crippen molar-refractivity contribution in [1.82, 2.24) is 0 Å². The van der Waals surface area contributed by atoms with Gasteiger partial charge < -0.3 is 33.4 Å². The molecule has 1 saturated heterocycles. The number of anilines is 1. The maximum Gasteiger partial charge on any atom is 0.0962 e. The van der Waals surface area contributed by atoms with Gasteiger partial charge in [0.05, 0.1) is 33.2 Å². The second-order valence-corrected chi connectivity index (χ2v) is 5.47. The molecule has 1 aliphatic heterocycles. The molecule has 1 atom stereocenters. The van der Waals surface area contributed by atoms with E-state index in [0.29, 0.717) is 0 Å². The normalized spacial score (nSPS) is 24.2. The van der Waals surface area contributed by atoms with Crippen LogP contribution < -0.4 is 28.9 Å². The number of halogens is 1. The molecule has 2 nitrogen and oxygen atoms in total. The fourth-order valence-corrected chi connectivity index (χ4v) is 2.89. The summed E-state index contributed by atoms with van der Waals surface area (Å²) in [6.45, 7) is 8.63. The molecule has 0 amide bonds. The van der Waals surface area contributed by atoms with Gasteiger partial charge in [0, 0.05) is 18.7 Å². The Kier molecular flexibility index (Phi) is 6.43. The molecule has 0 saturated carbocycles. The first kappa shape index (κ1) is 15.8. The van der Waals surface area contributed by atoms with Crippen LogP contribution in [0.5, 0.6) is 0 Å². The maximum absolute atomic E-state index is 2.54. The van der Waals surface area contributed by atoms with Crippen molar-refractivity contribution >= 4 is 5.69 Å². The number of quaternary nitrogens is 1. The summed E-state index contributed by atoms with van der Waals surface area (Å²) in [7, 11) is 2.41. The van der Waals surface area contributed by atoms with Crippen LogP contribution in [0.4, 0.5) is 5.69 Å². The van der Waals surface area contributed by atoms with Gasteiger partial charge in [0.25, 0.3) is 0 Å². The molecular weight excluding hydrogens is 335 g/mol.